The number of halogens is 1. The SMILES string of the molecule is CC(C)(C)OC(=O)N1CC(=O)C[C@@H]1CBr. The van der Waals surface area contributed by atoms with E-state index < -0.39 is 11.7 Å². The van der Waals surface area contributed by atoms with Crippen molar-refractivity contribution in [3.8, 4) is 0 Å². The Kier molecular flexibility index (Phi) is 3.76. The summed E-state index contributed by atoms with van der Waals surface area (Å²) in [5.41, 5.74) is -0.514. The zero-order valence-electron chi connectivity index (χ0n) is 9.25. The van der Waals surface area contributed by atoms with Gasteiger partial charge in [-0.3, -0.25) is 9.69 Å². The van der Waals surface area contributed by atoms with Crippen LogP contribution < -0.4 is 0 Å². The number of alkyl halides is 1. The van der Waals surface area contributed by atoms with Crippen LogP contribution in [0.4, 0.5) is 4.79 Å². The van der Waals surface area contributed by atoms with E-state index in [0.717, 1.165) is 0 Å². The molecule has 1 atom stereocenters. The molecule has 1 heterocycles. The second kappa shape index (κ2) is 4.51. The number of ketones is 1. The monoisotopic (exact) mass is 277 g/mol. The Hall–Kier alpha value is -0.580. The highest BCUT2D eigenvalue weighted by Crippen LogP contribution is 2.20. The maximum atomic E-state index is 11.7. The molecule has 1 aliphatic rings. The van der Waals surface area contributed by atoms with Gasteiger partial charge in [0.1, 0.15) is 5.60 Å². The van der Waals surface area contributed by atoms with E-state index in [0.29, 0.717) is 11.8 Å². The predicted molar refractivity (Wildman–Crippen MR) is 60.1 cm³/mol. The molecule has 86 valence electrons. The third-order valence-electron chi connectivity index (χ3n) is 2.06. The highest BCUT2D eigenvalue weighted by atomic mass is 79.9. The number of rotatable bonds is 1. The fourth-order valence-electron chi connectivity index (χ4n) is 1.43. The van der Waals surface area contributed by atoms with E-state index in [1.807, 2.05) is 20.8 Å². The van der Waals surface area contributed by atoms with Gasteiger partial charge in [0.25, 0.3) is 0 Å². The lowest BCUT2D eigenvalue weighted by Crippen LogP contribution is -2.40. The Labute approximate surface area is 98.1 Å². The molecular weight excluding hydrogens is 262 g/mol. The molecule has 0 saturated carbocycles. The topological polar surface area (TPSA) is 46.6 Å². The lowest BCUT2D eigenvalue weighted by atomic mass is 10.2. The van der Waals surface area contributed by atoms with Crippen molar-refractivity contribution in [1.82, 2.24) is 4.90 Å². The average molecular weight is 278 g/mol. The van der Waals surface area contributed by atoms with E-state index in [9.17, 15) is 9.59 Å². The number of likely N-dealkylation sites (tertiary alicyclic amines) is 1. The number of carbonyl (C=O) groups is 2. The zero-order chi connectivity index (χ0) is 11.6. The first-order valence-electron chi connectivity index (χ1n) is 4.91. The maximum absolute atomic E-state index is 11.7. The van der Waals surface area contributed by atoms with Crippen molar-refractivity contribution in [2.45, 2.75) is 38.8 Å². The van der Waals surface area contributed by atoms with E-state index in [1.54, 1.807) is 0 Å². The molecule has 0 radical (unpaired) electrons. The summed E-state index contributed by atoms with van der Waals surface area (Å²) < 4.78 is 5.22. The van der Waals surface area contributed by atoms with Crippen molar-refractivity contribution in [2.24, 2.45) is 0 Å². The van der Waals surface area contributed by atoms with E-state index in [-0.39, 0.29) is 18.4 Å². The summed E-state index contributed by atoms with van der Waals surface area (Å²) in [6.45, 7) is 5.61. The van der Waals surface area contributed by atoms with Gasteiger partial charge in [-0.05, 0) is 20.8 Å². The van der Waals surface area contributed by atoms with Gasteiger partial charge in [0.15, 0.2) is 5.78 Å². The minimum atomic E-state index is -0.514. The number of amides is 1. The summed E-state index contributed by atoms with van der Waals surface area (Å²) in [6.07, 6.45) is 0.0163. The highest BCUT2D eigenvalue weighted by Gasteiger charge is 2.35. The summed E-state index contributed by atoms with van der Waals surface area (Å²) in [5.74, 6) is 0.0882. The molecule has 0 bridgehead atoms. The van der Waals surface area contributed by atoms with Gasteiger partial charge in [-0.25, -0.2) is 4.79 Å². The van der Waals surface area contributed by atoms with Crippen LogP contribution in [-0.4, -0.2) is 40.3 Å². The van der Waals surface area contributed by atoms with Gasteiger partial charge in [0.05, 0.1) is 12.6 Å². The van der Waals surface area contributed by atoms with Crippen molar-refractivity contribution < 1.29 is 14.3 Å². The number of Topliss-reactive ketones (excluding diaryl/α,β-unsaturated/α-hetero) is 1. The average Bonchev–Trinajstić information content (AvgIpc) is 2.43. The number of hydrogen-bond acceptors (Lipinski definition) is 3. The minimum absolute atomic E-state index is 0.0626. The Morgan fingerprint density at radius 1 is 1.60 bits per heavy atom. The largest absolute Gasteiger partial charge is 0.444 e. The van der Waals surface area contributed by atoms with Crippen molar-refractivity contribution in [3.05, 3.63) is 0 Å². The number of hydrogen-bond donors (Lipinski definition) is 0. The number of nitrogens with zero attached hydrogens (tertiary/aromatic N) is 1. The lowest BCUT2D eigenvalue weighted by molar-refractivity contribution is -0.117. The van der Waals surface area contributed by atoms with Gasteiger partial charge in [-0.1, -0.05) is 15.9 Å². The molecule has 0 N–H and O–H groups in total. The van der Waals surface area contributed by atoms with Crippen molar-refractivity contribution in [3.63, 3.8) is 0 Å². The summed E-state index contributed by atoms with van der Waals surface area (Å²) >= 11 is 3.29. The summed E-state index contributed by atoms with van der Waals surface area (Å²) in [5, 5.41) is 0.609. The standard InChI is InChI=1S/C10H16BrNO3/c1-10(2,3)15-9(14)12-6-8(13)4-7(12)5-11/h7H,4-6H2,1-3H3/t7-/m1/s1. The quantitative estimate of drug-likeness (QED) is 0.689. The van der Waals surface area contributed by atoms with Gasteiger partial charge < -0.3 is 4.74 Å². The first kappa shape index (κ1) is 12.5. The third kappa shape index (κ3) is 3.48. The fraction of sp³-hybridized carbons (Fsp3) is 0.800. The Bertz CT molecular complexity index is 272. The van der Waals surface area contributed by atoms with Crippen LogP contribution in [0.25, 0.3) is 0 Å². The van der Waals surface area contributed by atoms with Crippen LogP contribution in [-0.2, 0) is 9.53 Å². The van der Waals surface area contributed by atoms with Crippen LogP contribution in [0.15, 0.2) is 0 Å². The second-order valence-electron chi connectivity index (χ2n) is 4.66. The van der Waals surface area contributed by atoms with Crippen molar-refractivity contribution in [2.75, 3.05) is 11.9 Å². The molecule has 0 aromatic rings. The van der Waals surface area contributed by atoms with Crippen molar-refractivity contribution >= 4 is 27.8 Å². The molecule has 0 unspecified atom stereocenters. The molecule has 5 heteroatoms. The minimum Gasteiger partial charge on any atom is -0.444 e. The highest BCUT2D eigenvalue weighted by molar-refractivity contribution is 9.09. The fourth-order valence-corrected chi connectivity index (χ4v) is 2.01. The first-order valence-corrected chi connectivity index (χ1v) is 6.03. The Balaban J connectivity index is 2.63. The van der Waals surface area contributed by atoms with Gasteiger partial charge in [0.2, 0.25) is 0 Å². The molecule has 0 aromatic carbocycles. The molecule has 4 nitrogen and oxygen atoms in total. The predicted octanol–water partition coefficient (Wildman–Crippen LogP) is 1.96. The van der Waals surface area contributed by atoms with E-state index in [1.165, 1.54) is 4.90 Å². The van der Waals surface area contributed by atoms with Crippen LogP contribution in [0, 0.1) is 0 Å². The molecule has 0 aromatic heterocycles. The maximum Gasteiger partial charge on any atom is 0.410 e. The normalized spacial score (nSPS) is 22.0. The van der Waals surface area contributed by atoms with Crippen LogP contribution in [0.1, 0.15) is 27.2 Å². The summed E-state index contributed by atoms with van der Waals surface area (Å²) in [4.78, 5) is 24.4. The molecule has 0 aliphatic carbocycles. The van der Waals surface area contributed by atoms with E-state index >= 15 is 0 Å². The molecule has 1 amide bonds. The first-order chi connectivity index (χ1) is 6.83. The number of carbonyl (C=O) groups excluding carboxylic acids is 2. The van der Waals surface area contributed by atoms with Gasteiger partial charge in [-0.2, -0.15) is 0 Å². The third-order valence-corrected chi connectivity index (χ3v) is 2.80. The Morgan fingerprint density at radius 3 is 2.67 bits per heavy atom. The zero-order valence-corrected chi connectivity index (χ0v) is 10.8. The molecule has 15 heavy (non-hydrogen) atoms. The molecule has 1 fully saturated rings. The Morgan fingerprint density at radius 2 is 2.20 bits per heavy atom. The van der Waals surface area contributed by atoms with Crippen LogP contribution >= 0.6 is 15.9 Å². The lowest BCUT2D eigenvalue weighted by Gasteiger charge is -2.27. The summed E-state index contributed by atoms with van der Waals surface area (Å²) in [6, 6.07) is -0.0626. The second-order valence-corrected chi connectivity index (χ2v) is 5.31. The van der Waals surface area contributed by atoms with Gasteiger partial charge in [-0.15, -0.1) is 0 Å². The van der Waals surface area contributed by atoms with Gasteiger partial charge >= 0.3 is 6.09 Å². The molecule has 1 aliphatic heterocycles. The smallest absolute Gasteiger partial charge is 0.410 e. The van der Waals surface area contributed by atoms with Gasteiger partial charge in [0, 0.05) is 11.8 Å². The molecule has 1 rings (SSSR count). The molecule has 0 spiro atoms. The van der Waals surface area contributed by atoms with Crippen molar-refractivity contribution in [1.29, 1.82) is 0 Å². The molecular formula is C10H16BrNO3. The van der Waals surface area contributed by atoms with Crippen LogP contribution in [0.3, 0.4) is 0 Å². The van der Waals surface area contributed by atoms with E-state index in [2.05, 4.69) is 15.9 Å². The van der Waals surface area contributed by atoms with Crippen LogP contribution in [0.2, 0.25) is 0 Å². The van der Waals surface area contributed by atoms with Crippen LogP contribution in [0.5, 0.6) is 0 Å². The molecule has 1 saturated heterocycles. The summed E-state index contributed by atoms with van der Waals surface area (Å²) in [7, 11) is 0. The number of ether oxygens (including phenoxy) is 1. The van der Waals surface area contributed by atoms with E-state index in [4.69, 9.17) is 4.74 Å².